The predicted octanol–water partition coefficient (Wildman–Crippen LogP) is 4.51. The van der Waals surface area contributed by atoms with Gasteiger partial charge in [-0.25, -0.2) is 0 Å². The summed E-state index contributed by atoms with van der Waals surface area (Å²) >= 11 is 0. The van der Waals surface area contributed by atoms with E-state index in [9.17, 15) is 8.78 Å². The van der Waals surface area contributed by atoms with Crippen molar-refractivity contribution in [2.24, 2.45) is 5.92 Å². The highest BCUT2D eigenvalue weighted by Gasteiger charge is 2.25. The molecule has 1 aliphatic rings. The first-order valence-electron chi connectivity index (χ1n) is 8.06. The molecule has 140 valence electrons. The van der Waals surface area contributed by atoms with Crippen LogP contribution in [0.5, 0.6) is 5.75 Å². The van der Waals surface area contributed by atoms with Gasteiger partial charge in [0.2, 0.25) is 0 Å². The van der Waals surface area contributed by atoms with E-state index in [4.69, 9.17) is 4.74 Å². The summed E-state index contributed by atoms with van der Waals surface area (Å²) in [6, 6.07) is 7.35. The minimum atomic E-state index is -2.78. The average molecular weight is 385 g/mol. The van der Waals surface area contributed by atoms with Gasteiger partial charge in [0.05, 0.1) is 0 Å². The lowest BCUT2D eigenvalue weighted by molar-refractivity contribution is -0.0513. The molecule has 1 heterocycles. The van der Waals surface area contributed by atoms with Crippen molar-refractivity contribution < 1.29 is 13.5 Å². The number of rotatable bonds is 7. The second-order valence-corrected chi connectivity index (χ2v) is 6.19. The standard InChI is InChI=1S/C17H26F2N2O.2ClH/c1-13(2)7-8-15(21-11-9-20-10-12-21)14-5-3-4-6-16(14)22-17(18)19;;/h3-6,13,15,17,20H,7-12H2,1-2H3;2*1H/t15-;;/m1../s1. The van der Waals surface area contributed by atoms with Crippen LogP contribution in [0.1, 0.15) is 38.3 Å². The maximum atomic E-state index is 12.7. The molecule has 1 aromatic carbocycles. The molecule has 1 N–H and O–H groups in total. The molecule has 0 radical (unpaired) electrons. The lowest BCUT2D eigenvalue weighted by Crippen LogP contribution is -2.45. The fourth-order valence-corrected chi connectivity index (χ4v) is 2.98. The van der Waals surface area contributed by atoms with E-state index in [1.807, 2.05) is 12.1 Å². The van der Waals surface area contributed by atoms with Gasteiger partial charge in [-0.3, -0.25) is 4.90 Å². The van der Waals surface area contributed by atoms with Crippen LogP contribution in [0.3, 0.4) is 0 Å². The number of nitrogens with one attached hydrogen (secondary N) is 1. The molecule has 1 aromatic rings. The van der Waals surface area contributed by atoms with Gasteiger partial charge in [-0.2, -0.15) is 8.78 Å². The maximum absolute atomic E-state index is 12.7. The summed E-state index contributed by atoms with van der Waals surface area (Å²) in [4.78, 5) is 2.38. The molecule has 0 bridgehead atoms. The van der Waals surface area contributed by atoms with Crippen LogP contribution in [0.2, 0.25) is 0 Å². The van der Waals surface area contributed by atoms with Crippen molar-refractivity contribution >= 4 is 24.8 Å². The van der Waals surface area contributed by atoms with E-state index >= 15 is 0 Å². The molecule has 7 heteroatoms. The van der Waals surface area contributed by atoms with Crippen molar-refractivity contribution in [1.29, 1.82) is 0 Å². The third-order valence-electron chi connectivity index (χ3n) is 4.10. The Hall–Kier alpha value is -0.620. The summed E-state index contributed by atoms with van der Waals surface area (Å²) in [5.41, 5.74) is 0.880. The summed E-state index contributed by atoms with van der Waals surface area (Å²) in [7, 11) is 0. The van der Waals surface area contributed by atoms with E-state index in [-0.39, 0.29) is 30.9 Å². The van der Waals surface area contributed by atoms with Crippen LogP contribution in [-0.4, -0.2) is 37.7 Å². The molecule has 1 fully saturated rings. The summed E-state index contributed by atoms with van der Waals surface area (Å²) < 4.78 is 30.1. The number of ether oxygens (including phenoxy) is 1. The second-order valence-electron chi connectivity index (χ2n) is 6.19. The zero-order valence-electron chi connectivity index (χ0n) is 14.2. The molecule has 0 saturated carbocycles. The number of alkyl halides is 2. The minimum absolute atomic E-state index is 0. The van der Waals surface area contributed by atoms with Crippen molar-refractivity contribution in [3.63, 3.8) is 0 Å². The molecular weight excluding hydrogens is 357 g/mol. The van der Waals surface area contributed by atoms with Crippen LogP contribution < -0.4 is 10.1 Å². The molecule has 1 aliphatic heterocycles. The zero-order chi connectivity index (χ0) is 15.9. The molecule has 1 saturated heterocycles. The van der Waals surface area contributed by atoms with Crippen LogP contribution in [0.15, 0.2) is 24.3 Å². The highest BCUT2D eigenvalue weighted by Crippen LogP contribution is 2.34. The molecule has 0 unspecified atom stereocenters. The Balaban J connectivity index is 0.00000264. The van der Waals surface area contributed by atoms with Crippen LogP contribution >= 0.6 is 24.8 Å². The summed E-state index contributed by atoms with van der Waals surface area (Å²) in [5.74, 6) is 0.901. The Morgan fingerprint density at radius 1 is 1.08 bits per heavy atom. The average Bonchev–Trinajstić information content (AvgIpc) is 2.49. The van der Waals surface area contributed by atoms with Crippen LogP contribution in [0, 0.1) is 5.92 Å². The first-order valence-corrected chi connectivity index (χ1v) is 8.06. The molecule has 0 spiro atoms. The van der Waals surface area contributed by atoms with Gasteiger partial charge >= 0.3 is 6.61 Å². The molecule has 0 aliphatic carbocycles. The van der Waals surface area contributed by atoms with Gasteiger partial charge < -0.3 is 10.1 Å². The van der Waals surface area contributed by atoms with Gasteiger partial charge in [-0.05, 0) is 24.8 Å². The largest absolute Gasteiger partial charge is 0.434 e. The molecule has 3 nitrogen and oxygen atoms in total. The SMILES string of the molecule is CC(C)CC[C@H](c1ccccc1OC(F)F)N1CCNCC1.Cl.Cl. The lowest BCUT2D eigenvalue weighted by Gasteiger charge is -2.36. The fourth-order valence-electron chi connectivity index (χ4n) is 2.98. The molecule has 2 rings (SSSR count). The number of nitrogens with zero attached hydrogens (tertiary/aromatic N) is 1. The van der Waals surface area contributed by atoms with E-state index in [1.54, 1.807) is 12.1 Å². The van der Waals surface area contributed by atoms with Crippen LogP contribution in [0.4, 0.5) is 8.78 Å². The van der Waals surface area contributed by atoms with E-state index in [0.717, 1.165) is 44.6 Å². The Labute approximate surface area is 156 Å². The molecule has 0 aromatic heterocycles. The highest BCUT2D eigenvalue weighted by molar-refractivity contribution is 5.85. The topological polar surface area (TPSA) is 24.5 Å². The van der Waals surface area contributed by atoms with Crippen molar-refractivity contribution in [2.75, 3.05) is 26.2 Å². The molecule has 24 heavy (non-hydrogen) atoms. The normalized spacial score (nSPS) is 16.4. The van der Waals surface area contributed by atoms with Gasteiger partial charge in [0.1, 0.15) is 5.75 Å². The summed E-state index contributed by atoms with van der Waals surface area (Å²) in [5, 5.41) is 3.34. The van der Waals surface area contributed by atoms with Gasteiger partial charge in [0, 0.05) is 37.8 Å². The van der Waals surface area contributed by atoms with E-state index in [1.165, 1.54) is 0 Å². The molecule has 0 amide bonds. The smallest absolute Gasteiger partial charge is 0.387 e. The van der Waals surface area contributed by atoms with Crippen LogP contribution in [0.25, 0.3) is 0 Å². The number of para-hydroxylation sites is 1. The number of hydrogen-bond donors (Lipinski definition) is 1. The first-order chi connectivity index (χ1) is 10.6. The second kappa shape index (κ2) is 11.9. The maximum Gasteiger partial charge on any atom is 0.387 e. The summed E-state index contributed by atoms with van der Waals surface area (Å²) in [6.07, 6.45) is 2.03. The number of benzene rings is 1. The number of halogens is 4. The Morgan fingerprint density at radius 3 is 2.29 bits per heavy atom. The predicted molar refractivity (Wildman–Crippen MR) is 98.8 cm³/mol. The molecular formula is C17H28Cl2F2N2O. The van der Waals surface area contributed by atoms with Crippen molar-refractivity contribution in [3.8, 4) is 5.75 Å². The van der Waals surface area contributed by atoms with Gasteiger partial charge in [-0.15, -0.1) is 24.8 Å². The third kappa shape index (κ3) is 7.09. The third-order valence-corrected chi connectivity index (χ3v) is 4.10. The van der Waals surface area contributed by atoms with Gasteiger partial charge in [0.25, 0.3) is 0 Å². The fraction of sp³-hybridized carbons (Fsp3) is 0.647. The molecule has 1 atom stereocenters. The summed E-state index contributed by atoms with van der Waals surface area (Å²) in [6.45, 7) is 5.35. The van der Waals surface area contributed by atoms with Crippen molar-refractivity contribution in [1.82, 2.24) is 10.2 Å². The first kappa shape index (κ1) is 23.4. The lowest BCUT2D eigenvalue weighted by atomic mass is 9.95. The quantitative estimate of drug-likeness (QED) is 0.747. The van der Waals surface area contributed by atoms with Gasteiger partial charge in [0.15, 0.2) is 0 Å². The van der Waals surface area contributed by atoms with E-state index in [0.29, 0.717) is 11.7 Å². The minimum Gasteiger partial charge on any atom is -0.434 e. The zero-order valence-corrected chi connectivity index (χ0v) is 15.8. The highest BCUT2D eigenvalue weighted by atomic mass is 35.5. The van der Waals surface area contributed by atoms with E-state index in [2.05, 4.69) is 24.1 Å². The Morgan fingerprint density at radius 2 is 1.71 bits per heavy atom. The van der Waals surface area contributed by atoms with E-state index < -0.39 is 6.61 Å². The van der Waals surface area contributed by atoms with Gasteiger partial charge in [-0.1, -0.05) is 32.0 Å². The van der Waals surface area contributed by atoms with Crippen molar-refractivity contribution in [2.45, 2.75) is 39.3 Å². The number of piperazine rings is 1. The Kier molecular flexibility index (Phi) is 11.5. The Bertz CT molecular complexity index is 458. The monoisotopic (exact) mass is 384 g/mol. The number of hydrogen-bond acceptors (Lipinski definition) is 3. The van der Waals surface area contributed by atoms with Crippen molar-refractivity contribution in [3.05, 3.63) is 29.8 Å². The van der Waals surface area contributed by atoms with Crippen LogP contribution in [-0.2, 0) is 0 Å².